The molecule has 0 aliphatic heterocycles. The van der Waals surface area contributed by atoms with Crippen LogP contribution in [-0.4, -0.2) is 17.0 Å². The van der Waals surface area contributed by atoms with Gasteiger partial charge in [-0.3, -0.25) is 4.79 Å². The van der Waals surface area contributed by atoms with Crippen LogP contribution in [0.3, 0.4) is 0 Å². The number of aromatic carboxylic acids is 1. The summed E-state index contributed by atoms with van der Waals surface area (Å²) in [5.74, 6) is -2.10. The van der Waals surface area contributed by atoms with E-state index in [4.69, 9.17) is 9.52 Å². The minimum Gasteiger partial charge on any atom is -0.478 e. The van der Waals surface area contributed by atoms with E-state index in [2.05, 4.69) is 5.32 Å². The molecule has 5 nitrogen and oxygen atoms in total. The van der Waals surface area contributed by atoms with Crippen LogP contribution in [0.2, 0.25) is 0 Å². The molecule has 2 N–H and O–H groups in total. The molecule has 1 amide bonds. The van der Waals surface area contributed by atoms with Gasteiger partial charge in [0, 0.05) is 6.07 Å². The molecule has 8 heteroatoms. The van der Waals surface area contributed by atoms with E-state index in [1.807, 2.05) is 0 Å². The summed E-state index contributed by atoms with van der Waals surface area (Å²) in [6.07, 6.45) is -1.79. The fraction of sp³-hybridized carbons (Fsp3) is 0.294. The van der Waals surface area contributed by atoms with Crippen LogP contribution in [0, 0.1) is 0 Å². The number of carbonyl (C=O) groups excluding carboxylic acids is 1. The van der Waals surface area contributed by atoms with Crippen molar-refractivity contribution >= 4 is 11.9 Å². The lowest BCUT2D eigenvalue weighted by Gasteiger charge is -2.43. The van der Waals surface area contributed by atoms with Crippen LogP contribution in [0.4, 0.5) is 13.2 Å². The molecule has 0 radical (unpaired) electrons. The maximum absolute atomic E-state index is 12.9. The highest BCUT2D eigenvalue weighted by atomic mass is 19.4. The zero-order valence-electron chi connectivity index (χ0n) is 12.9. The molecule has 1 fully saturated rings. The zero-order chi connectivity index (χ0) is 18.2. The first kappa shape index (κ1) is 17.1. The summed E-state index contributed by atoms with van der Waals surface area (Å²) in [4.78, 5) is 23.2. The number of alkyl halides is 3. The number of amides is 1. The first-order valence-electron chi connectivity index (χ1n) is 7.53. The van der Waals surface area contributed by atoms with Gasteiger partial charge in [-0.05, 0) is 37.0 Å². The van der Waals surface area contributed by atoms with E-state index in [0.717, 1.165) is 30.9 Å². The van der Waals surface area contributed by atoms with E-state index in [-0.39, 0.29) is 11.3 Å². The number of halogens is 3. The molecule has 1 heterocycles. The average molecular weight is 353 g/mol. The Morgan fingerprint density at radius 1 is 1.20 bits per heavy atom. The molecule has 0 saturated heterocycles. The van der Waals surface area contributed by atoms with Crippen LogP contribution in [0.1, 0.15) is 51.3 Å². The van der Waals surface area contributed by atoms with E-state index >= 15 is 0 Å². The molecule has 25 heavy (non-hydrogen) atoms. The number of carboxylic acids is 1. The summed E-state index contributed by atoms with van der Waals surface area (Å²) in [5, 5.41) is 11.6. The lowest BCUT2D eigenvalue weighted by molar-refractivity contribution is -0.137. The maximum Gasteiger partial charge on any atom is 0.416 e. The Kier molecular flexibility index (Phi) is 4.06. The average Bonchev–Trinajstić information content (AvgIpc) is 3.00. The molecule has 0 atom stereocenters. The Bertz CT molecular complexity index is 821. The highest BCUT2D eigenvalue weighted by molar-refractivity contribution is 5.95. The topological polar surface area (TPSA) is 79.5 Å². The minimum absolute atomic E-state index is 0.174. The summed E-state index contributed by atoms with van der Waals surface area (Å²) in [6.45, 7) is 0. The molecule has 2 aromatic rings. The number of furan rings is 1. The van der Waals surface area contributed by atoms with Gasteiger partial charge in [0.1, 0.15) is 6.26 Å². The van der Waals surface area contributed by atoms with Gasteiger partial charge in [0.05, 0.1) is 16.7 Å². The predicted octanol–water partition coefficient (Wildman–Crippen LogP) is 3.81. The van der Waals surface area contributed by atoms with Gasteiger partial charge in [-0.15, -0.1) is 0 Å². The lowest BCUT2D eigenvalue weighted by atomic mass is 9.71. The maximum atomic E-state index is 12.9. The van der Waals surface area contributed by atoms with Gasteiger partial charge in [0.25, 0.3) is 5.91 Å². The Labute approximate surface area is 140 Å². The van der Waals surface area contributed by atoms with Crippen LogP contribution in [0.5, 0.6) is 0 Å². The van der Waals surface area contributed by atoms with E-state index in [0.29, 0.717) is 18.4 Å². The summed E-state index contributed by atoms with van der Waals surface area (Å²) >= 11 is 0. The van der Waals surface area contributed by atoms with Crippen molar-refractivity contribution in [1.29, 1.82) is 0 Å². The molecular formula is C17H14F3NO4. The largest absolute Gasteiger partial charge is 0.478 e. The van der Waals surface area contributed by atoms with Crippen LogP contribution >= 0.6 is 0 Å². The van der Waals surface area contributed by atoms with Crippen molar-refractivity contribution in [2.24, 2.45) is 0 Å². The van der Waals surface area contributed by atoms with Crippen LogP contribution in [0.25, 0.3) is 0 Å². The molecule has 1 aromatic heterocycles. The van der Waals surface area contributed by atoms with E-state index in [9.17, 15) is 22.8 Å². The summed E-state index contributed by atoms with van der Waals surface area (Å²) in [6, 6.07) is 5.93. The molecule has 1 aliphatic rings. The van der Waals surface area contributed by atoms with Gasteiger partial charge in [0.15, 0.2) is 5.76 Å². The van der Waals surface area contributed by atoms with Crippen molar-refractivity contribution in [2.75, 3.05) is 0 Å². The summed E-state index contributed by atoms with van der Waals surface area (Å²) in [5.41, 5.74) is -1.50. The first-order valence-corrected chi connectivity index (χ1v) is 7.53. The van der Waals surface area contributed by atoms with Crippen LogP contribution in [0.15, 0.2) is 41.0 Å². The first-order chi connectivity index (χ1) is 11.7. The second-order valence-electron chi connectivity index (χ2n) is 5.97. The number of carboxylic acid groups (broad SMARTS) is 1. The van der Waals surface area contributed by atoms with Gasteiger partial charge in [-0.2, -0.15) is 13.2 Å². The number of benzene rings is 1. The monoisotopic (exact) mass is 353 g/mol. The fourth-order valence-electron chi connectivity index (χ4n) is 2.86. The number of carbonyl (C=O) groups is 2. The highest BCUT2D eigenvalue weighted by Gasteiger charge is 2.42. The normalized spacial score (nSPS) is 16.1. The molecule has 1 aromatic carbocycles. The SMILES string of the molecule is O=C(O)c1coc(C(=O)NC2(c3cccc(C(F)(F)F)c3)CCC2)c1. The zero-order valence-corrected chi connectivity index (χ0v) is 12.9. The van der Waals surface area contributed by atoms with Gasteiger partial charge in [-0.25, -0.2) is 4.79 Å². The van der Waals surface area contributed by atoms with E-state index < -0.39 is 29.2 Å². The molecule has 132 valence electrons. The number of rotatable bonds is 4. The molecule has 1 saturated carbocycles. The van der Waals surface area contributed by atoms with Crippen molar-refractivity contribution in [2.45, 2.75) is 31.0 Å². The smallest absolute Gasteiger partial charge is 0.416 e. The standard InChI is InChI=1S/C17H14F3NO4/c18-17(19,20)12-4-1-3-11(8-12)16(5-2-6-16)21-14(22)13-7-10(9-25-13)15(23)24/h1,3-4,7-9H,2,5-6H2,(H,21,22)(H,23,24). The van der Waals surface area contributed by atoms with Crippen molar-refractivity contribution in [3.05, 3.63) is 59.0 Å². The molecule has 0 spiro atoms. The van der Waals surface area contributed by atoms with Crippen LogP contribution in [-0.2, 0) is 11.7 Å². The third-order valence-corrected chi connectivity index (χ3v) is 4.37. The molecule has 0 bridgehead atoms. The summed E-state index contributed by atoms with van der Waals surface area (Å²) in [7, 11) is 0. The molecule has 1 aliphatic carbocycles. The van der Waals surface area contributed by atoms with Crippen LogP contribution < -0.4 is 5.32 Å². The summed E-state index contributed by atoms with van der Waals surface area (Å²) < 4.78 is 43.7. The van der Waals surface area contributed by atoms with E-state index in [1.54, 1.807) is 6.07 Å². The minimum atomic E-state index is -4.47. The third-order valence-electron chi connectivity index (χ3n) is 4.37. The lowest BCUT2D eigenvalue weighted by Crippen LogP contribution is -2.50. The van der Waals surface area contributed by atoms with Crippen molar-refractivity contribution in [3.8, 4) is 0 Å². The number of hydrogen-bond donors (Lipinski definition) is 2. The van der Waals surface area contributed by atoms with E-state index in [1.165, 1.54) is 6.07 Å². The van der Waals surface area contributed by atoms with Crippen molar-refractivity contribution < 1.29 is 32.3 Å². The second-order valence-corrected chi connectivity index (χ2v) is 5.97. The Hall–Kier alpha value is -2.77. The predicted molar refractivity (Wildman–Crippen MR) is 80.1 cm³/mol. The Morgan fingerprint density at radius 2 is 1.92 bits per heavy atom. The van der Waals surface area contributed by atoms with Gasteiger partial charge in [-0.1, -0.05) is 12.1 Å². The second kappa shape index (κ2) is 5.94. The fourth-order valence-corrected chi connectivity index (χ4v) is 2.86. The van der Waals surface area contributed by atoms with Gasteiger partial charge in [0.2, 0.25) is 0 Å². The van der Waals surface area contributed by atoms with Gasteiger partial charge < -0.3 is 14.8 Å². The number of nitrogens with one attached hydrogen (secondary N) is 1. The molecular weight excluding hydrogens is 339 g/mol. The van der Waals surface area contributed by atoms with Crippen molar-refractivity contribution in [3.63, 3.8) is 0 Å². The number of hydrogen-bond acceptors (Lipinski definition) is 3. The molecule has 3 rings (SSSR count). The van der Waals surface area contributed by atoms with Gasteiger partial charge >= 0.3 is 12.1 Å². The molecule has 0 unspecified atom stereocenters. The Balaban J connectivity index is 1.86. The quantitative estimate of drug-likeness (QED) is 0.876. The van der Waals surface area contributed by atoms with Crippen molar-refractivity contribution in [1.82, 2.24) is 5.32 Å². The third kappa shape index (κ3) is 3.24. The Morgan fingerprint density at radius 3 is 2.44 bits per heavy atom. The highest BCUT2D eigenvalue weighted by Crippen LogP contribution is 2.43.